The van der Waals surface area contributed by atoms with Gasteiger partial charge in [0.25, 0.3) is 0 Å². The van der Waals surface area contributed by atoms with E-state index in [0.717, 1.165) is 12.0 Å². The molecule has 0 aliphatic carbocycles. The summed E-state index contributed by atoms with van der Waals surface area (Å²) in [5.41, 5.74) is 0.748. The molecule has 0 aliphatic rings. The summed E-state index contributed by atoms with van der Waals surface area (Å²) in [6.45, 7) is 4.93. The molecular weight excluding hydrogens is 221 g/mol. The van der Waals surface area contributed by atoms with Gasteiger partial charge in [-0.2, -0.15) is 11.8 Å². The third-order valence-electron chi connectivity index (χ3n) is 2.50. The van der Waals surface area contributed by atoms with Gasteiger partial charge in [0, 0.05) is 18.2 Å². The molecule has 3 heteroatoms. The number of benzene rings is 1. The van der Waals surface area contributed by atoms with Gasteiger partial charge in [-0.25, -0.2) is 4.39 Å². The molecule has 0 radical (unpaired) electrons. The van der Waals surface area contributed by atoms with E-state index in [0.29, 0.717) is 12.6 Å². The van der Waals surface area contributed by atoms with Crippen molar-refractivity contribution >= 4 is 11.8 Å². The van der Waals surface area contributed by atoms with Crippen LogP contribution >= 0.6 is 11.8 Å². The summed E-state index contributed by atoms with van der Waals surface area (Å²) >= 11 is 1.95. The molecule has 0 aromatic heterocycles. The van der Waals surface area contributed by atoms with Crippen LogP contribution in [-0.4, -0.2) is 17.5 Å². The zero-order valence-electron chi connectivity index (χ0n) is 10.0. The van der Waals surface area contributed by atoms with Crippen molar-refractivity contribution in [3.05, 3.63) is 35.6 Å². The minimum Gasteiger partial charge on any atom is -0.310 e. The molecule has 90 valence electrons. The molecule has 1 unspecified atom stereocenters. The molecule has 1 rings (SSSR count). The third kappa shape index (κ3) is 4.99. The van der Waals surface area contributed by atoms with Gasteiger partial charge in [-0.05, 0) is 30.9 Å². The van der Waals surface area contributed by atoms with E-state index in [-0.39, 0.29) is 5.82 Å². The molecular formula is C13H20FNS. The van der Waals surface area contributed by atoms with Crippen LogP contribution in [0.4, 0.5) is 4.39 Å². The number of nitrogens with one attached hydrogen (secondary N) is 1. The van der Waals surface area contributed by atoms with Gasteiger partial charge in [-0.1, -0.05) is 25.1 Å². The summed E-state index contributed by atoms with van der Waals surface area (Å²) in [6.07, 6.45) is 1.13. The summed E-state index contributed by atoms with van der Waals surface area (Å²) in [4.78, 5) is 0. The fraction of sp³-hybridized carbons (Fsp3) is 0.538. The zero-order valence-corrected chi connectivity index (χ0v) is 10.8. The molecule has 0 saturated heterocycles. The molecule has 0 amide bonds. The number of halogens is 1. The molecule has 0 saturated carbocycles. The first kappa shape index (κ1) is 13.5. The van der Waals surface area contributed by atoms with E-state index in [2.05, 4.69) is 19.2 Å². The monoisotopic (exact) mass is 241 g/mol. The minimum absolute atomic E-state index is 0.120. The molecule has 1 N–H and O–H groups in total. The first-order chi connectivity index (χ1) is 7.74. The van der Waals surface area contributed by atoms with Crippen molar-refractivity contribution in [3.8, 4) is 0 Å². The molecule has 1 nitrogen and oxygen atoms in total. The highest BCUT2D eigenvalue weighted by Crippen LogP contribution is 2.08. The predicted octanol–water partition coefficient (Wildman–Crippen LogP) is 3.45. The van der Waals surface area contributed by atoms with Gasteiger partial charge in [0.15, 0.2) is 0 Å². The second-order valence-electron chi connectivity index (χ2n) is 3.86. The van der Waals surface area contributed by atoms with E-state index < -0.39 is 0 Å². The molecule has 1 atom stereocenters. The van der Waals surface area contributed by atoms with Gasteiger partial charge >= 0.3 is 0 Å². The van der Waals surface area contributed by atoms with Crippen molar-refractivity contribution in [1.82, 2.24) is 5.32 Å². The summed E-state index contributed by atoms with van der Waals surface area (Å²) in [7, 11) is 0. The van der Waals surface area contributed by atoms with Crippen molar-refractivity contribution in [3.63, 3.8) is 0 Å². The minimum atomic E-state index is -0.120. The quantitative estimate of drug-likeness (QED) is 0.734. The van der Waals surface area contributed by atoms with E-state index >= 15 is 0 Å². The number of hydrogen-bond donors (Lipinski definition) is 1. The van der Waals surface area contributed by atoms with Gasteiger partial charge in [0.05, 0.1) is 0 Å². The van der Waals surface area contributed by atoms with Crippen LogP contribution in [-0.2, 0) is 6.54 Å². The van der Waals surface area contributed by atoms with Crippen LogP contribution in [0.3, 0.4) is 0 Å². The largest absolute Gasteiger partial charge is 0.310 e. The second-order valence-corrected chi connectivity index (χ2v) is 5.25. The maximum atomic E-state index is 13.3. The Labute approximate surface area is 102 Å². The van der Waals surface area contributed by atoms with E-state index in [9.17, 15) is 4.39 Å². The fourth-order valence-corrected chi connectivity index (χ4v) is 2.24. The molecule has 0 bridgehead atoms. The van der Waals surface area contributed by atoms with Crippen LogP contribution < -0.4 is 5.32 Å². The average Bonchev–Trinajstić information content (AvgIpc) is 2.28. The van der Waals surface area contributed by atoms with E-state index in [1.165, 1.54) is 17.6 Å². The van der Waals surface area contributed by atoms with E-state index in [1.807, 2.05) is 23.9 Å². The number of hydrogen-bond acceptors (Lipinski definition) is 2. The van der Waals surface area contributed by atoms with Crippen LogP contribution in [0.15, 0.2) is 24.3 Å². The Hall–Kier alpha value is -0.540. The molecule has 0 heterocycles. The molecule has 0 spiro atoms. The standard InChI is InChI=1S/C13H20FNS/c1-3-16-9-8-11(2)15-10-12-6-4-5-7-13(12)14/h4-7,11,15H,3,8-10H2,1-2H3. The Kier molecular flexibility index (Phi) is 6.50. The van der Waals surface area contributed by atoms with Gasteiger partial charge in [-0.15, -0.1) is 0 Å². The summed E-state index contributed by atoms with van der Waals surface area (Å²) in [6, 6.07) is 7.38. The Morgan fingerprint density at radius 3 is 2.81 bits per heavy atom. The Balaban J connectivity index is 2.26. The summed E-state index contributed by atoms with van der Waals surface area (Å²) in [5.74, 6) is 2.22. The smallest absolute Gasteiger partial charge is 0.127 e. The van der Waals surface area contributed by atoms with E-state index in [1.54, 1.807) is 6.07 Å². The van der Waals surface area contributed by atoms with Gasteiger partial charge in [0.2, 0.25) is 0 Å². The van der Waals surface area contributed by atoms with Gasteiger partial charge in [-0.3, -0.25) is 0 Å². The van der Waals surface area contributed by atoms with Gasteiger partial charge < -0.3 is 5.32 Å². The van der Waals surface area contributed by atoms with Crippen molar-refractivity contribution < 1.29 is 4.39 Å². The van der Waals surface area contributed by atoms with Crippen molar-refractivity contribution in [1.29, 1.82) is 0 Å². The highest BCUT2D eigenvalue weighted by atomic mass is 32.2. The maximum Gasteiger partial charge on any atom is 0.127 e. The van der Waals surface area contributed by atoms with Crippen LogP contribution in [0.5, 0.6) is 0 Å². The van der Waals surface area contributed by atoms with E-state index in [4.69, 9.17) is 0 Å². The van der Waals surface area contributed by atoms with Crippen LogP contribution in [0.2, 0.25) is 0 Å². The highest BCUT2D eigenvalue weighted by Gasteiger charge is 2.04. The van der Waals surface area contributed by atoms with Crippen molar-refractivity contribution in [2.45, 2.75) is 32.9 Å². The Morgan fingerprint density at radius 1 is 1.38 bits per heavy atom. The zero-order chi connectivity index (χ0) is 11.8. The Morgan fingerprint density at radius 2 is 2.12 bits per heavy atom. The molecule has 1 aromatic carbocycles. The Bertz CT molecular complexity index is 304. The fourth-order valence-electron chi connectivity index (χ4n) is 1.43. The lowest BCUT2D eigenvalue weighted by Crippen LogP contribution is -2.26. The SMILES string of the molecule is CCSCCC(C)NCc1ccccc1F. The average molecular weight is 241 g/mol. The van der Waals surface area contributed by atoms with Gasteiger partial charge in [0.1, 0.15) is 5.82 Å². The lowest BCUT2D eigenvalue weighted by Gasteiger charge is -2.13. The molecule has 0 aliphatic heterocycles. The first-order valence-electron chi connectivity index (χ1n) is 5.78. The maximum absolute atomic E-state index is 13.3. The number of thioether (sulfide) groups is 1. The van der Waals surface area contributed by atoms with Crippen molar-refractivity contribution in [2.75, 3.05) is 11.5 Å². The third-order valence-corrected chi connectivity index (χ3v) is 3.43. The predicted molar refractivity (Wildman–Crippen MR) is 70.3 cm³/mol. The highest BCUT2D eigenvalue weighted by molar-refractivity contribution is 7.99. The van der Waals surface area contributed by atoms with Crippen LogP contribution in [0.25, 0.3) is 0 Å². The lowest BCUT2D eigenvalue weighted by molar-refractivity contribution is 0.519. The molecule has 0 fully saturated rings. The molecule has 1 aromatic rings. The second kappa shape index (κ2) is 7.69. The lowest BCUT2D eigenvalue weighted by atomic mass is 10.2. The summed E-state index contributed by atoms with van der Waals surface area (Å²) in [5, 5.41) is 3.35. The first-order valence-corrected chi connectivity index (χ1v) is 6.94. The topological polar surface area (TPSA) is 12.0 Å². The van der Waals surface area contributed by atoms with Crippen molar-refractivity contribution in [2.24, 2.45) is 0 Å². The summed E-state index contributed by atoms with van der Waals surface area (Å²) < 4.78 is 13.3. The normalized spacial score (nSPS) is 12.7. The number of rotatable bonds is 7. The van der Waals surface area contributed by atoms with Crippen LogP contribution in [0.1, 0.15) is 25.8 Å². The van der Waals surface area contributed by atoms with Crippen LogP contribution in [0, 0.1) is 5.82 Å². The molecule has 16 heavy (non-hydrogen) atoms.